The van der Waals surface area contributed by atoms with E-state index in [4.69, 9.17) is 9.47 Å². The molecule has 1 saturated heterocycles. The molecule has 3 N–H and O–H groups in total. The summed E-state index contributed by atoms with van der Waals surface area (Å²) >= 11 is 0. The van der Waals surface area contributed by atoms with Gasteiger partial charge in [-0.05, 0) is 31.2 Å². The van der Waals surface area contributed by atoms with Crippen LogP contribution in [0.1, 0.15) is 17.4 Å². The molecule has 2 aliphatic heterocycles. The molecule has 0 spiro atoms. The number of anilines is 1. The van der Waals surface area contributed by atoms with Gasteiger partial charge in [-0.3, -0.25) is 9.59 Å². The van der Waals surface area contributed by atoms with Crippen LogP contribution in [0.4, 0.5) is 10.5 Å². The van der Waals surface area contributed by atoms with E-state index in [1.807, 2.05) is 30.3 Å². The molecule has 10 nitrogen and oxygen atoms in total. The minimum absolute atomic E-state index is 0.0894. The number of hydrogen-bond acceptors (Lipinski definition) is 5. The summed E-state index contributed by atoms with van der Waals surface area (Å²) in [6.07, 6.45) is 0. The van der Waals surface area contributed by atoms with E-state index in [9.17, 15) is 14.4 Å². The van der Waals surface area contributed by atoms with E-state index in [-0.39, 0.29) is 17.8 Å². The van der Waals surface area contributed by atoms with Crippen LogP contribution in [-0.4, -0.2) is 78.1 Å². The maximum atomic E-state index is 12.9. The fraction of sp³-hybridized carbons (Fsp3) is 0.320. The molecule has 5 rings (SSSR count). The van der Waals surface area contributed by atoms with Gasteiger partial charge in [0, 0.05) is 48.8 Å². The average Bonchev–Trinajstić information content (AvgIpc) is 3.32. The number of ether oxygens (including phenoxy) is 2. The number of amides is 4. The van der Waals surface area contributed by atoms with Crippen LogP contribution in [0.15, 0.2) is 48.5 Å². The number of nitrogens with zero attached hydrogens (tertiary/aromatic N) is 2. The van der Waals surface area contributed by atoms with Crippen LogP contribution >= 0.6 is 0 Å². The van der Waals surface area contributed by atoms with Gasteiger partial charge in [0.15, 0.2) is 11.5 Å². The van der Waals surface area contributed by atoms with E-state index in [1.54, 1.807) is 34.9 Å². The number of hydrogen-bond donors (Lipinski definition) is 3. The second-order valence-electron chi connectivity index (χ2n) is 8.57. The van der Waals surface area contributed by atoms with Crippen molar-refractivity contribution in [2.45, 2.75) is 13.0 Å². The Kier molecular flexibility index (Phi) is 6.17. The Hall–Kier alpha value is -4.21. The Labute approximate surface area is 202 Å². The van der Waals surface area contributed by atoms with Gasteiger partial charge in [0.05, 0.1) is 0 Å². The lowest BCUT2D eigenvalue weighted by Crippen LogP contribution is -2.55. The van der Waals surface area contributed by atoms with Crippen molar-refractivity contribution in [3.63, 3.8) is 0 Å². The van der Waals surface area contributed by atoms with Gasteiger partial charge in [-0.15, -0.1) is 0 Å². The molecule has 0 aliphatic carbocycles. The van der Waals surface area contributed by atoms with E-state index >= 15 is 0 Å². The van der Waals surface area contributed by atoms with Crippen LogP contribution < -0.4 is 20.1 Å². The molecule has 1 unspecified atom stereocenters. The molecular weight excluding hydrogens is 450 g/mol. The number of aromatic amines is 1. The zero-order valence-electron chi connectivity index (χ0n) is 19.4. The first-order valence-electron chi connectivity index (χ1n) is 11.6. The van der Waals surface area contributed by atoms with Gasteiger partial charge in [-0.1, -0.05) is 18.2 Å². The Bertz CT molecular complexity index is 1230. The normalized spacial score (nSPS) is 16.0. The SMILES string of the molecule is CC(NC(=O)N1CCN(C(=O)c2cc3ccccc3[nH]2)CC1)C(=O)Nc1ccc2c(c1)OCCO2. The van der Waals surface area contributed by atoms with Crippen molar-refractivity contribution in [1.82, 2.24) is 20.1 Å². The van der Waals surface area contributed by atoms with Crippen molar-refractivity contribution in [2.75, 3.05) is 44.7 Å². The second-order valence-corrected chi connectivity index (χ2v) is 8.57. The number of para-hydroxylation sites is 1. The molecule has 2 aliphatic rings. The van der Waals surface area contributed by atoms with Crippen LogP contribution in [0.3, 0.4) is 0 Å². The molecule has 2 aromatic carbocycles. The van der Waals surface area contributed by atoms with Gasteiger partial charge in [0.1, 0.15) is 24.9 Å². The number of aromatic nitrogens is 1. The molecule has 4 amide bonds. The van der Waals surface area contributed by atoms with E-state index in [0.717, 1.165) is 10.9 Å². The minimum atomic E-state index is -0.748. The molecule has 1 aromatic heterocycles. The maximum Gasteiger partial charge on any atom is 0.318 e. The Morgan fingerprint density at radius 1 is 0.914 bits per heavy atom. The molecule has 1 fully saturated rings. The average molecular weight is 478 g/mol. The van der Waals surface area contributed by atoms with Crippen molar-refractivity contribution in [3.8, 4) is 11.5 Å². The largest absolute Gasteiger partial charge is 0.486 e. The number of nitrogens with one attached hydrogen (secondary N) is 3. The summed E-state index contributed by atoms with van der Waals surface area (Å²) in [5, 5.41) is 6.51. The molecule has 10 heteroatoms. The lowest BCUT2D eigenvalue weighted by molar-refractivity contribution is -0.117. The topological polar surface area (TPSA) is 116 Å². The monoisotopic (exact) mass is 477 g/mol. The fourth-order valence-electron chi connectivity index (χ4n) is 4.19. The van der Waals surface area contributed by atoms with Gasteiger partial charge >= 0.3 is 6.03 Å². The summed E-state index contributed by atoms with van der Waals surface area (Å²) in [4.78, 5) is 44.7. The number of H-pyrrole nitrogens is 1. The minimum Gasteiger partial charge on any atom is -0.486 e. The Morgan fingerprint density at radius 3 is 2.40 bits per heavy atom. The molecular formula is C25H27N5O5. The summed E-state index contributed by atoms with van der Waals surface area (Å²) in [6, 6.07) is 13.7. The molecule has 182 valence electrons. The van der Waals surface area contributed by atoms with Crippen LogP contribution in [0, 0.1) is 0 Å². The van der Waals surface area contributed by atoms with E-state index < -0.39 is 6.04 Å². The highest BCUT2D eigenvalue weighted by Gasteiger charge is 2.27. The highest BCUT2D eigenvalue weighted by molar-refractivity contribution is 5.98. The highest BCUT2D eigenvalue weighted by atomic mass is 16.6. The van der Waals surface area contributed by atoms with E-state index in [1.165, 1.54) is 0 Å². The number of carbonyl (C=O) groups is 3. The molecule has 1 atom stereocenters. The van der Waals surface area contributed by atoms with Gasteiger partial charge < -0.3 is 34.9 Å². The summed E-state index contributed by atoms with van der Waals surface area (Å²) in [7, 11) is 0. The van der Waals surface area contributed by atoms with Crippen LogP contribution in [0.25, 0.3) is 10.9 Å². The Morgan fingerprint density at radius 2 is 1.63 bits per heavy atom. The Balaban J connectivity index is 1.11. The van der Waals surface area contributed by atoms with Crippen molar-refractivity contribution in [3.05, 3.63) is 54.2 Å². The van der Waals surface area contributed by atoms with Gasteiger partial charge in [-0.25, -0.2) is 4.79 Å². The number of fused-ring (bicyclic) bond motifs is 2. The standard InChI is InChI=1S/C25H27N5O5/c1-16(23(31)27-18-6-7-21-22(15-18)35-13-12-34-21)26-25(33)30-10-8-29(9-11-30)24(32)20-14-17-4-2-3-5-19(17)28-20/h2-7,14-16,28H,8-13H2,1H3,(H,26,33)(H,27,31). The third kappa shape index (κ3) is 4.86. The molecule has 0 radical (unpaired) electrons. The first kappa shape index (κ1) is 22.6. The molecule has 3 aromatic rings. The van der Waals surface area contributed by atoms with Crippen molar-refractivity contribution in [1.29, 1.82) is 0 Å². The lowest BCUT2D eigenvalue weighted by atomic mass is 10.2. The predicted octanol–water partition coefficient (Wildman–Crippen LogP) is 2.43. The number of urea groups is 1. The number of carbonyl (C=O) groups excluding carboxylic acids is 3. The van der Waals surface area contributed by atoms with Crippen LogP contribution in [0.2, 0.25) is 0 Å². The lowest BCUT2D eigenvalue weighted by Gasteiger charge is -2.35. The highest BCUT2D eigenvalue weighted by Crippen LogP contribution is 2.32. The molecule has 3 heterocycles. The summed E-state index contributed by atoms with van der Waals surface area (Å²) in [5.41, 5.74) is 2.01. The summed E-state index contributed by atoms with van der Waals surface area (Å²) < 4.78 is 11.0. The molecule has 35 heavy (non-hydrogen) atoms. The number of piperazine rings is 1. The van der Waals surface area contributed by atoms with E-state index in [0.29, 0.717) is 62.3 Å². The number of rotatable bonds is 4. The quantitative estimate of drug-likeness (QED) is 0.534. The van der Waals surface area contributed by atoms with Crippen molar-refractivity contribution in [2.24, 2.45) is 0 Å². The predicted molar refractivity (Wildman–Crippen MR) is 130 cm³/mol. The first-order valence-corrected chi connectivity index (χ1v) is 11.6. The third-order valence-corrected chi connectivity index (χ3v) is 6.16. The second kappa shape index (κ2) is 9.57. The fourth-order valence-corrected chi connectivity index (χ4v) is 4.19. The summed E-state index contributed by atoms with van der Waals surface area (Å²) in [5.74, 6) is 0.777. The summed E-state index contributed by atoms with van der Waals surface area (Å²) in [6.45, 7) is 4.17. The first-order chi connectivity index (χ1) is 17.0. The van der Waals surface area contributed by atoms with Gasteiger partial charge in [0.25, 0.3) is 5.91 Å². The zero-order valence-corrected chi connectivity index (χ0v) is 19.4. The van der Waals surface area contributed by atoms with Gasteiger partial charge in [-0.2, -0.15) is 0 Å². The smallest absolute Gasteiger partial charge is 0.318 e. The van der Waals surface area contributed by atoms with Crippen molar-refractivity contribution >= 4 is 34.4 Å². The third-order valence-electron chi connectivity index (χ3n) is 6.16. The van der Waals surface area contributed by atoms with Crippen molar-refractivity contribution < 1.29 is 23.9 Å². The van der Waals surface area contributed by atoms with Crippen LogP contribution in [0.5, 0.6) is 11.5 Å². The molecule has 0 bridgehead atoms. The molecule has 0 saturated carbocycles. The van der Waals surface area contributed by atoms with Crippen LogP contribution in [-0.2, 0) is 4.79 Å². The maximum absolute atomic E-state index is 12.9. The van der Waals surface area contributed by atoms with Gasteiger partial charge in [0.2, 0.25) is 5.91 Å². The van der Waals surface area contributed by atoms with E-state index in [2.05, 4.69) is 15.6 Å². The number of benzene rings is 2. The zero-order chi connectivity index (χ0) is 24.4.